The third kappa shape index (κ3) is 2.42. The average molecular weight is 319 g/mol. The lowest BCUT2D eigenvalue weighted by molar-refractivity contribution is -0.137. The largest absolute Gasteiger partial charge is 0.370 e. The van der Waals surface area contributed by atoms with Gasteiger partial charge in [0.15, 0.2) is 0 Å². The molecule has 0 N–H and O–H groups in total. The minimum atomic E-state index is 0.0705. The predicted molar refractivity (Wildman–Crippen MR) is 79.4 cm³/mol. The summed E-state index contributed by atoms with van der Waals surface area (Å²) in [6.45, 7) is 3.87. The number of hydrogen-bond donors (Lipinski definition) is 0. The van der Waals surface area contributed by atoms with E-state index in [0.717, 1.165) is 29.4 Å². The van der Waals surface area contributed by atoms with E-state index in [1.54, 1.807) is 17.5 Å². The summed E-state index contributed by atoms with van der Waals surface area (Å²) < 4.78 is 7.78. The third-order valence-corrected chi connectivity index (χ3v) is 5.10. The summed E-state index contributed by atoms with van der Waals surface area (Å²) in [5.74, 6) is 0.121. The maximum absolute atomic E-state index is 12.5. The summed E-state index contributed by atoms with van der Waals surface area (Å²) in [5, 5.41) is 11.1. The van der Waals surface area contributed by atoms with Crippen LogP contribution in [0.15, 0.2) is 11.6 Å². The van der Waals surface area contributed by atoms with E-state index in [1.807, 2.05) is 21.9 Å². The summed E-state index contributed by atoms with van der Waals surface area (Å²) in [5.41, 5.74) is 1.83. The molecule has 2 aromatic rings. The Morgan fingerprint density at radius 2 is 2.45 bits per heavy atom. The van der Waals surface area contributed by atoms with Crippen LogP contribution in [0, 0.1) is 6.92 Å². The van der Waals surface area contributed by atoms with Crippen molar-refractivity contribution < 1.29 is 9.53 Å². The fourth-order valence-corrected chi connectivity index (χ4v) is 3.77. The predicted octanol–water partition coefficient (Wildman–Crippen LogP) is 0.958. The molecule has 1 saturated heterocycles. The van der Waals surface area contributed by atoms with Crippen LogP contribution >= 0.6 is 11.3 Å². The minimum absolute atomic E-state index is 0.0705. The zero-order valence-corrected chi connectivity index (χ0v) is 13.1. The summed E-state index contributed by atoms with van der Waals surface area (Å²) in [6.07, 6.45) is 3.06. The molecule has 2 aliphatic rings. The Morgan fingerprint density at radius 1 is 1.55 bits per heavy atom. The maximum atomic E-state index is 12.5. The molecule has 4 rings (SSSR count). The molecule has 0 saturated carbocycles. The van der Waals surface area contributed by atoms with E-state index in [0.29, 0.717) is 19.6 Å². The number of ether oxygens (including phenoxy) is 1. The van der Waals surface area contributed by atoms with Gasteiger partial charge in [0.1, 0.15) is 0 Å². The first kappa shape index (κ1) is 13.8. The molecule has 0 unspecified atom stereocenters. The van der Waals surface area contributed by atoms with E-state index < -0.39 is 0 Å². The van der Waals surface area contributed by atoms with E-state index in [2.05, 4.69) is 15.3 Å². The van der Waals surface area contributed by atoms with Gasteiger partial charge in [0.2, 0.25) is 5.91 Å². The second kappa shape index (κ2) is 5.44. The SMILES string of the molecule is Cc1nc(CC(=O)N2CC[C@H]3OCc4cnnn4[C@H]3C2)cs1. The topological polar surface area (TPSA) is 73.1 Å². The van der Waals surface area contributed by atoms with Crippen molar-refractivity contribution in [3.8, 4) is 0 Å². The molecule has 0 bridgehead atoms. The standard InChI is InChI=1S/C14H17N5O2S/c1-9-16-10(8-22-9)4-14(20)18-3-2-13-12(6-18)19-11(7-21-13)5-15-17-19/h5,8,12-13H,2-4,6-7H2,1H3/t12-,13+/m0/s1. The van der Waals surface area contributed by atoms with Crippen molar-refractivity contribution in [3.05, 3.63) is 28.0 Å². The van der Waals surface area contributed by atoms with Crippen LogP contribution in [-0.2, 0) is 22.6 Å². The van der Waals surface area contributed by atoms with Gasteiger partial charge in [0, 0.05) is 18.5 Å². The molecule has 1 fully saturated rings. The van der Waals surface area contributed by atoms with Crippen LogP contribution in [0.2, 0.25) is 0 Å². The van der Waals surface area contributed by atoms with Gasteiger partial charge in [-0.15, -0.1) is 16.4 Å². The van der Waals surface area contributed by atoms with Gasteiger partial charge in [-0.2, -0.15) is 0 Å². The molecule has 116 valence electrons. The van der Waals surface area contributed by atoms with E-state index in [4.69, 9.17) is 4.74 Å². The molecule has 8 heteroatoms. The van der Waals surface area contributed by atoms with Crippen molar-refractivity contribution in [2.45, 2.75) is 38.5 Å². The smallest absolute Gasteiger partial charge is 0.228 e. The average Bonchev–Trinajstić information content (AvgIpc) is 3.15. The Hall–Kier alpha value is -1.80. The van der Waals surface area contributed by atoms with Gasteiger partial charge >= 0.3 is 0 Å². The molecular weight excluding hydrogens is 302 g/mol. The Morgan fingerprint density at radius 3 is 3.27 bits per heavy atom. The monoisotopic (exact) mass is 319 g/mol. The molecule has 0 aromatic carbocycles. The van der Waals surface area contributed by atoms with Gasteiger partial charge in [-0.3, -0.25) is 4.79 Å². The number of rotatable bonds is 2. The van der Waals surface area contributed by atoms with Gasteiger partial charge in [-0.25, -0.2) is 9.67 Å². The van der Waals surface area contributed by atoms with E-state index in [9.17, 15) is 4.79 Å². The summed E-state index contributed by atoms with van der Waals surface area (Å²) in [6, 6.07) is 0.0705. The summed E-state index contributed by atoms with van der Waals surface area (Å²) in [4.78, 5) is 18.8. The van der Waals surface area contributed by atoms with E-state index >= 15 is 0 Å². The molecular formula is C14H17N5O2S. The first-order valence-corrected chi connectivity index (χ1v) is 8.28. The van der Waals surface area contributed by atoms with Crippen molar-refractivity contribution in [1.82, 2.24) is 24.9 Å². The molecule has 2 aliphatic heterocycles. The summed E-state index contributed by atoms with van der Waals surface area (Å²) in [7, 11) is 0. The second-order valence-electron chi connectivity index (χ2n) is 5.75. The van der Waals surface area contributed by atoms with Crippen molar-refractivity contribution >= 4 is 17.2 Å². The van der Waals surface area contributed by atoms with Gasteiger partial charge in [-0.1, -0.05) is 5.21 Å². The number of carbonyl (C=O) groups excluding carboxylic acids is 1. The molecule has 0 radical (unpaired) electrons. The van der Waals surface area contributed by atoms with Gasteiger partial charge in [0.25, 0.3) is 0 Å². The quantitative estimate of drug-likeness (QED) is 0.824. The molecule has 2 aromatic heterocycles. The molecule has 22 heavy (non-hydrogen) atoms. The van der Waals surface area contributed by atoms with Crippen molar-refractivity contribution in [2.24, 2.45) is 0 Å². The zero-order valence-electron chi connectivity index (χ0n) is 12.3. The highest BCUT2D eigenvalue weighted by atomic mass is 32.1. The fourth-order valence-electron chi connectivity index (χ4n) is 3.16. The highest BCUT2D eigenvalue weighted by molar-refractivity contribution is 7.09. The van der Waals surface area contributed by atoms with Crippen molar-refractivity contribution in [1.29, 1.82) is 0 Å². The number of likely N-dealkylation sites (tertiary alicyclic amines) is 1. The molecule has 0 aliphatic carbocycles. The number of carbonyl (C=O) groups is 1. The van der Waals surface area contributed by atoms with Crippen LogP contribution in [0.4, 0.5) is 0 Å². The molecule has 0 spiro atoms. The van der Waals surface area contributed by atoms with Gasteiger partial charge in [-0.05, 0) is 13.3 Å². The second-order valence-corrected chi connectivity index (χ2v) is 6.81. The number of aromatic nitrogens is 4. The van der Waals surface area contributed by atoms with Gasteiger partial charge in [0.05, 0.1) is 47.8 Å². The summed E-state index contributed by atoms with van der Waals surface area (Å²) >= 11 is 1.58. The number of amides is 1. The lowest BCUT2D eigenvalue weighted by atomic mass is 10.00. The minimum Gasteiger partial charge on any atom is -0.370 e. The third-order valence-electron chi connectivity index (χ3n) is 4.28. The Balaban J connectivity index is 1.48. The van der Waals surface area contributed by atoms with Crippen LogP contribution in [0.1, 0.15) is 28.9 Å². The van der Waals surface area contributed by atoms with Crippen LogP contribution in [0.5, 0.6) is 0 Å². The van der Waals surface area contributed by atoms with E-state index in [1.165, 1.54) is 0 Å². The number of hydrogen-bond acceptors (Lipinski definition) is 6. The van der Waals surface area contributed by atoms with Crippen LogP contribution in [-0.4, -0.2) is 50.0 Å². The number of aryl methyl sites for hydroxylation is 1. The van der Waals surface area contributed by atoms with Crippen molar-refractivity contribution in [2.75, 3.05) is 13.1 Å². The first-order chi connectivity index (χ1) is 10.7. The highest BCUT2D eigenvalue weighted by Crippen LogP contribution is 2.30. The zero-order chi connectivity index (χ0) is 15.1. The Bertz CT molecular complexity index is 697. The fraction of sp³-hybridized carbons (Fsp3) is 0.571. The first-order valence-electron chi connectivity index (χ1n) is 7.40. The number of nitrogens with zero attached hydrogens (tertiary/aromatic N) is 5. The van der Waals surface area contributed by atoms with Crippen molar-refractivity contribution in [3.63, 3.8) is 0 Å². The lowest BCUT2D eigenvalue weighted by Gasteiger charge is -2.41. The molecule has 1 amide bonds. The Kier molecular flexibility index (Phi) is 3.42. The molecule has 7 nitrogen and oxygen atoms in total. The lowest BCUT2D eigenvalue weighted by Crippen LogP contribution is -2.50. The molecule has 2 atom stereocenters. The maximum Gasteiger partial charge on any atom is 0.228 e. The number of fused-ring (bicyclic) bond motifs is 3. The van der Waals surface area contributed by atoms with E-state index in [-0.39, 0.29) is 18.1 Å². The highest BCUT2D eigenvalue weighted by Gasteiger charge is 2.37. The normalized spacial score (nSPS) is 24.0. The number of thiazole rings is 1. The van der Waals surface area contributed by atoms with Crippen LogP contribution in [0.25, 0.3) is 0 Å². The van der Waals surface area contributed by atoms with Gasteiger partial charge < -0.3 is 9.64 Å². The van der Waals surface area contributed by atoms with Crippen LogP contribution < -0.4 is 0 Å². The Labute approximate surface area is 131 Å². The molecule has 4 heterocycles. The van der Waals surface area contributed by atoms with Crippen LogP contribution in [0.3, 0.4) is 0 Å². The number of piperidine rings is 1.